The van der Waals surface area contributed by atoms with Gasteiger partial charge in [0.1, 0.15) is 5.82 Å². The molecular weight excluding hydrogens is 211 g/mol. The van der Waals surface area contributed by atoms with Crippen LogP contribution in [0.4, 0.5) is 4.39 Å². The highest BCUT2D eigenvalue weighted by Crippen LogP contribution is 2.15. The predicted molar refractivity (Wildman–Crippen MR) is 72.9 cm³/mol. The third-order valence-electron chi connectivity index (χ3n) is 3.24. The van der Waals surface area contributed by atoms with E-state index in [1.807, 2.05) is 6.07 Å². The molecule has 17 heavy (non-hydrogen) atoms. The Morgan fingerprint density at radius 3 is 2.12 bits per heavy atom. The molecule has 0 N–H and O–H groups in total. The summed E-state index contributed by atoms with van der Waals surface area (Å²) in [5.41, 5.74) is 2.04. The first-order chi connectivity index (χ1) is 8.27. The van der Waals surface area contributed by atoms with E-state index in [4.69, 9.17) is 0 Å². The minimum Gasteiger partial charge on any atom is -0.207 e. The number of unbranched alkanes of at least 4 members (excludes halogenated alkanes) is 4. The predicted octanol–water partition coefficient (Wildman–Crippen LogP) is 5.29. The maximum Gasteiger partial charge on any atom is 0.126 e. The van der Waals surface area contributed by atoms with E-state index in [0.717, 1.165) is 30.4 Å². The van der Waals surface area contributed by atoms with E-state index < -0.39 is 0 Å². The Morgan fingerprint density at radius 1 is 0.882 bits per heavy atom. The molecule has 0 atom stereocenters. The van der Waals surface area contributed by atoms with Gasteiger partial charge < -0.3 is 0 Å². The van der Waals surface area contributed by atoms with Crippen molar-refractivity contribution in [1.29, 1.82) is 0 Å². The average Bonchev–Trinajstić information content (AvgIpc) is 2.32. The Kier molecular flexibility index (Phi) is 6.91. The molecule has 0 heterocycles. The van der Waals surface area contributed by atoms with Crippen LogP contribution in [0.15, 0.2) is 18.2 Å². The lowest BCUT2D eigenvalue weighted by molar-refractivity contribution is 0.595. The Hall–Kier alpha value is -0.850. The summed E-state index contributed by atoms with van der Waals surface area (Å²) >= 11 is 0. The highest BCUT2D eigenvalue weighted by atomic mass is 19.1. The molecule has 1 aromatic carbocycles. The zero-order valence-electron chi connectivity index (χ0n) is 11.3. The van der Waals surface area contributed by atoms with E-state index in [0.29, 0.717) is 0 Å². The van der Waals surface area contributed by atoms with Crippen LogP contribution in [0.1, 0.15) is 63.5 Å². The largest absolute Gasteiger partial charge is 0.207 e. The van der Waals surface area contributed by atoms with Crippen LogP contribution < -0.4 is 0 Å². The fraction of sp³-hybridized carbons (Fsp3) is 0.625. The van der Waals surface area contributed by atoms with Crippen LogP contribution in [0.5, 0.6) is 0 Å². The van der Waals surface area contributed by atoms with Gasteiger partial charge in [0.15, 0.2) is 0 Å². The molecule has 96 valence electrons. The molecule has 1 heteroatoms. The van der Waals surface area contributed by atoms with E-state index >= 15 is 0 Å². The lowest BCUT2D eigenvalue weighted by atomic mass is 10.0. The van der Waals surface area contributed by atoms with Gasteiger partial charge in [-0.25, -0.2) is 4.39 Å². The van der Waals surface area contributed by atoms with Gasteiger partial charge in [-0.2, -0.15) is 0 Å². The highest BCUT2D eigenvalue weighted by molar-refractivity contribution is 5.24. The monoisotopic (exact) mass is 236 g/mol. The molecule has 0 saturated carbocycles. The summed E-state index contributed by atoms with van der Waals surface area (Å²) in [6.07, 6.45) is 9.01. The van der Waals surface area contributed by atoms with Gasteiger partial charge in [-0.15, -0.1) is 0 Å². The summed E-state index contributed by atoms with van der Waals surface area (Å²) in [5.74, 6) is -0.00454. The molecule has 0 amide bonds. The van der Waals surface area contributed by atoms with Crippen LogP contribution in [-0.2, 0) is 12.8 Å². The number of halogens is 1. The topological polar surface area (TPSA) is 0 Å². The molecule has 0 aliphatic rings. The standard InChI is InChI=1S/C16H25F/c1-3-5-7-9-14-11-12-15(16(17)13-14)10-8-6-4-2/h11-13H,3-10H2,1-2H3. The second-order valence-corrected chi connectivity index (χ2v) is 4.84. The highest BCUT2D eigenvalue weighted by Gasteiger charge is 2.03. The SMILES string of the molecule is CCCCCc1ccc(CCCCC)c(F)c1. The molecule has 0 fully saturated rings. The zero-order chi connectivity index (χ0) is 12.5. The van der Waals surface area contributed by atoms with Gasteiger partial charge in [-0.3, -0.25) is 0 Å². The van der Waals surface area contributed by atoms with Gasteiger partial charge in [-0.1, -0.05) is 51.7 Å². The fourth-order valence-electron chi connectivity index (χ4n) is 2.09. The van der Waals surface area contributed by atoms with Gasteiger partial charge in [0.25, 0.3) is 0 Å². The Bertz CT molecular complexity index is 317. The Morgan fingerprint density at radius 2 is 1.53 bits per heavy atom. The van der Waals surface area contributed by atoms with Crippen molar-refractivity contribution in [3.8, 4) is 0 Å². The van der Waals surface area contributed by atoms with Crippen LogP contribution in [0.2, 0.25) is 0 Å². The summed E-state index contributed by atoms with van der Waals surface area (Å²) in [6.45, 7) is 4.37. The summed E-state index contributed by atoms with van der Waals surface area (Å²) in [5, 5.41) is 0. The average molecular weight is 236 g/mol. The van der Waals surface area contributed by atoms with Crippen molar-refractivity contribution >= 4 is 0 Å². The summed E-state index contributed by atoms with van der Waals surface area (Å²) in [4.78, 5) is 0. The number of hydrogen-bond acceptors (Lipinski definition) is 0. The van der Waals surface area contributed by atoms with Crippen molar-refractivity contribution in [3.05, 3.63) is 35.1 Å². The molecule has 0 aliphatic carbocycles. The summed E-state index contributed by atoms with van der Waals surface area (Å²) in [6, 6.07) is 5.81. The molecular formula is C16H25F. The van der Waals surface area contributed by atoms with Gasteiger partial charge in [0, 0.05) is 0 Å². The van der Waals surface area contributed by atoms with Crippen molar-refractivity contribution < 1.29 is 4.39 Å². The molecule has 1 rings (SSSR count). The van der Waals surface area contributed by atoms with Crippen LogP contribution in [-0.4, -0.2) is 0 Å². The molecule has 0 nitrogen and oxygen atoms in total. The van der Waals surface area contributed by atoms with Crippen LogP contribution in [0.25, 0.3) is 0 Å². The normalized spacial score (nSPS) is 10.8. The molecule has 0 aliphatic heterocycles. The number of aryl methyl sites for hydroxylation is 2. The molecule has 0 saturated heterocycles. The van der Waals surface area contributed by atoms with Gasteiger partial charge in [-0.05, 0) is 42.9 Å². The maximum atomic E-state index is 13.8. The fourth-order valence-corrected chi connectivity index (χ4v) is 2.09. The van der Waals surface area contributed by atoms with Crippen molar-refractivity contribution in [3.63, 3.8) is 0 Å². The Labute approximate surface area is 105 Å². The van der Waals surface area contributed by atoms with E-state index in [-0.39, 0.29) is 5.82 Å². The lowest BCUT2D eigenvalue weighted by Crippen LogP contribution is -1.94. The first-order valence-corrected chi connectivity index (χ1v) is 7.05. The van der Waals surface area contributed by atoms with Crippen molar-refractivity contribution in [2.75, 3.05) is 0 Å². The first-order valence-electron chi connectivity index (χ1n) is 7.05. The van der Waals surface area contributed by atoms with Crippen LogP contribution in [0, 0.1) is 5.82 Å². The zero-order valence-corrected chi connectivity index (χ0v) is 11.3. The summed E-state index contributed by atoms with van der Waals surface area (Å²) < 4.78 is 13.8. The van der Waals surface area contributed by atoms with E-state index in [1.54, 1.807) is 6.07 Å². The third-order valence-corrected chi connectivity index (χ3v) is 3.24. The number of rotatable bonds is 8. The van der Waals surface area contributed by atoms with E-state index in [9.17, 15) is 4.39 Å². The Balaban J connectivity index is 2.47. The molecule has 0 aromatic heterocycles. The molecule has 0 bridgehead atoms. The minimum atomic E-state index is -0.00454. The smallest absolute Gasteiger partial charge is 0.126 e. The quantitative estimate of drug-likeness (QED) is 0.538. The molecule has 1 aromatic rings. The van der Waals surface area contributed by atoms with Crippen molar-refractivity contribution in [2.45, 2.75) is 65.2 Å². The first kappa shape index (κ1) is 14.2. The van der Waals surface area contributed by atoms with E-state index in [2.05, 4.69) is 19.9 Å². The number of hydrogen-bond donors (Lipinski definition) is 0. The second-order valence-electron chi connectivity index (χ2n) is 4.84. The van der Waals surface area contributed by atoms with Gasteiger partial charge in [0.2, 0.25) is 0 Å². The van der Waals surface area contributed by atoms with Crippen molar-refractivity contribution in [1.82, 2.24) is 0 Å². The van der Waals surface area contributed by atoms with Crippen molar-refractivity contribution in [2.24, 2.45) is 0 Å². The van der Waals surface area contributed by atoms with Crippen LogP contribution in [0.3, 0.4) is 0 Å². The van der Waals surface area contributed by atoms with Gasteiger partial charge >= 0.3 is 0 Å². The molecule has 0 spiro atoms. The second kappa shape index (κ2) is 8.27. The minimum absolute atomic E-state index is 0.00454. The van der Waals surface area contributed by atoms with Gasteiger partial charge in [0.05, 0.1) is 0 Å². The summed E-state index contributed by atoms with van der Waals surface area (Å²) in [7, 11) is 0. The maximum absolute atomic E-state index is 13.8. The molecule has 0 radical (unpaired) electrons. The third kappa shape index (κ3) is 5.34. The lowest BCUT2D eigenvalue weighted by Gasteiger charge is -2.06. The van der Waals surface area contributed by atoms with Crippen LogP contribution >= 0.6 is 0 Å². The van der Waals surface area contributed by atoms with E-state index in [1.165, 1.54) is 32.1 Å². The molecule has 0 unspecified atom stereocenters. The number of benzene rings is 1.